The molecular formula is C21H25ClF2N4O. The Hall–Kier alpha value is -2.54. The minimum absolute atomic E-state index is 0.100. The Bertz CT molecular complexity index is 812. The smallest absolute Gasteiger partial charge is 0.387 e. The molecule has 0 spiro atoms. The quantitative estimate of drug-likeness (QED) is 0.539. The molecule has 1 aliphatic heterocycles. The van der Waals surface area contributed by atoms with Crippen molar-refractivity contribution in [3.05, 3.63) is 59.1 Å². The van der Waals surface area contributed by atoms with Crippen molar-refractivity contribution in [2.75, 3.05) is 25.0 Å². The van der Waals surface area contributed by atoms with E-state index in [1.165, 1.54) is 17.8 Å². The molecule has 1 fully saturated rings. The van der Waals surface area contributed by atoms with Gasteiger partial charge in [-0.05, 0) is 43.2 Å². The topological polar surface area (TPSA) is 48.9 Å². The predicted octanol–water partition coefficient (Wildman–Crippen LogP) is 4.28. The van der Waals surface area contributed by atoms with Crippen LogP contribution in [0.3, 0.4) is 0 Å². The molecule has 8 heteroatoms. The summed E-state index contributed by atoms with van der Waals surface area (Å²) < 4.78 is 29.8. The van der Waals surface area contributed by atoms with Gasteiger partial charge in [-0.15, -0.1) is 0 Å². The molecule has 1 saturated heterocycles. The van der Waals surface area contributed by atoms with Gasteiger partial charge < -0.3 is 20.3 Å². The van der Waals surface area contributed by atoms with Crippen LogP contribution in [0.15, 0.2) is 53.5 Å². The second-order valence-corrected chi connectivity index (χ2v) is 7.23. The van der Waals surface area contributed by atoms with Gasteiger partial charge in [0.1, 0.15) is 5.75 Å². The van der Waals surface area contributed by atoms with E-state index < -0.39 is 6.61 Å². The molecule has 0 unspecified atom stereocenters. The van der Waals surface area contributed by atoms with Crippen molar-refractivity contribution < 1.29 is 13.5 Å². The summed E-state index contributed by atoms with van der Waals surface area (Å²) in [6.45, 7) is -0.703. The number of benzene rings is 2. The molecule has 29 heavy (non-hydrogen) atoms. The molecule has 0 aliphatic carbocycles. The van der Waals surface area contributed by atoms with Crippen LogP contribution in [0.5, 0.6) is 5.75 Å². The Kier molecular flexibility index (Phi) is 7.52. The molecule has 2 N–H and O–H groups in total. The van der Waals surface area contributed by atoms with Crippen LogP contribution in [-0.2, 0) is 6.54 Å². The van der Waals surface area contributed by atoms with Gasteiger partial charge in [-0.3, -0.25) is 4.99 Å². The van der Waals surface area contributed by atoms with Crippen LogP contribution in [0.4, 0.5) is 14.5 Å². The summed E-state index contributed by atoms with van der Waals surface area (Å²) >= 11 is 6.00. The van der Waals surface area contributed by atoms with Crippen LogP contribution >= 0.6 is 11.6 Å². The highest BCUT2D eigenvalue weighted by Gasteiger charge is 2.20. The van der Waals surface area contributed by atoms with E-state index >= 15 is 0 Å². The van der Waals surface area contributed by atoms with Gasteiger partial charge in [0.05, 0.1) is 0 Å². The molecule has 5 nitrogen and oxygen atoms in total. The van der Waals surface area contributed by atoms with E-state index in [4.69, 9.17) is 11.6 Å². The normalized spacial score (nSPS) is 15.5. The summed E-state index contributed by atoms with van der Waals surface area (Å²) in [4.78, 5) is 6.62. The van der Waals surface area contributed by atoms with Crippen molar-refractivity contribution in [3.63, 3.8) is 0 Å². The van der Waals surface area contributed by atoms with Crippen LogP contribution < -0.4 is 20.3 Å². The average Bonchev–Trinajstić information content (AvgIpc) is 2.73. The van der Waals surface area contributed by atoms with Crippen LogP contribution in [0, 0.1) is 0 Å². The molecule has 0 atom stereocenters. The predicted molar refractivity (Wildman–Crippen MR) is 113 cm³/mol. The first-order valence-electron chi connectivity index (χ1n) is 9.55. The number of halogens is 3. The zero-order chi connectivity index (χ0) is 20.6. The number of rotatable bonds is 6. The molecule has 0 saturated carbocycles. The first kappa shape index (κ1) is 21.2. The Morgan fingerprint density at radius 1 is 1.21 bits per heavy atom. The van der Waals surface area contributed by atoms with Gasteiger partial charge in [-0.25, -0.2) is 0 Å². The van der Waals surface area contributed by atoms with Crippen molar-refractivity contribution in [1.82, 2.24) is 10.6 Å². The first-order chi connectivity index (χ1) is 14.0. The van der Waals surface area contributed by atoms with E-state index in [2.05, 4.69) is 37.4 Å². The lowest BCUT2D eigenvalue weighted by molar-refractivity contribution is -0.0504. The molecule has 0 aromatic heterocycles. The molecule has 0 bridgehead atoms. The highest BCUT2D eigenvalue weighted by molar-refractivity contribution is 6.30. The van der Waals surface area contributed by atoms with E-state index in [1.54, 1.807) is 13.1 Å². The number of piperidine rings is 1. The van der Waals surface area contributed by atoms with Crippen molar-refractivity contribution in [1.29, 1.82) is 0 Å². The fourth-order valence-corrected chi connectivity index (χ4v) is 3.58. The number of hydrogen-bond donors (Lipinski definition) is 2. The van der Waals surface area contributed by atoms with E-state index in [0.717, 1.165) is 25.9 Å². The van der Waals surface area contributed by atoms with Gasteiger partial charge >= 0.3 is 6.61 Å². The van der Waals surface area contributed by atoms with E-state index in [-0.39, 0.29) is 18.3 Å². The van der Waals surface area contributed by atoms with Gasteiger partial charge in [0, 0.05) is 49.0 Å². The molecule has 0 radical (unpaired) electrons. The zero-order valence-electron chi connectivity index (χ0n) is 16.2. The first-order valence-corrected chi connectivity index (χ1v) is 9.93. The lowest BCUT2D eigenvalue weighted by atomic mass is 10.0. The molecule has 156 valence electrons. The summed E-state index contributed by atoms with van der Waals surface area (Å²) in [5.41, 5.74) is 1.78. The number of hydrogen-bond acceptors (Lipinski definition) is 3. The van der Waals surface area contributed by atoms with Crippen LogP contribution in [-0.4, -0.2) is 38.8 Å². The third-order valence-electron chi connectivity index (χ3n) is 4.87. The second-order valence-electron chi connectivity index (χ2n) is 6.80. The minimum Gasteiger partial charge on any atom is -0.434 e. The largest absolute Gasteiger partial charge is 0.434 e. The second kappa shape index (κ2) is 10.3. The fourth-order valence-electron chi connectivity index (χ4n) is 3.38. The van der Waals surface area contributed by atoms with Crippen LogP contribution in [0.1, 0.15) is 18.4 Å². The monoisotopic (exact) mass is 422 g/mol. The highest BCUT2D eigenvalue weighted by atomic mass is 35.5. The average molecular weight is 423 g/mol. The van der Waals surface area contributed by atoms with Crippen molar-refractivity contribution in [3.8, 4) is 5.75 Å². The third-order valence-corrected chi connectivity index (χ3v) is 5.10. The molecule has 1 heterocycles. The third kappa shape index (κ3) is 6.22. The van der Waals surface area contributed by atoms with E-state index in [0.29, 0.717) is 16.5 Å². The number of para-hydroxylation sites is 1. The summed E-state index contributed by atoms with van der Waals surface area (Å²) in [7, 11) is 1.68. The van der Waals surface area contributed by atoms with Crippen LogP contribution in [0.2, 0.25) is 5.02 Å². The van der Waals surface area contributed by atoms with Gasteiger partial charge in [0.2, 0.25) is 0 Å². The van der Waals surface area contributed by atoms with E-state index in [9.17, 15) is 8.78 Å². The Balaban J connectivity index is 1.52. The zero-order valence-corrected chi connectivity index (χ0v) is 17.0. The minimum atomic E-state index is -2.89. The van der Waals surface area contributed by atoms with Gasteiger partial charge in [0.15, 0.2) is 5.96 Å². The van der Waals surface area contributed by atoms with Crippen molar-refractivity contribution in [2.24, 2.45) is 4.99 Å². The molecule has 1 aliphatic rings. The summed E-state index contributed by atoms with van der Waals surface area (Å²) in [6, 6.07) is 15.2. The Morgan fingerprint density at radius 2 is 1.93 bits per heavy atom. The van der Waals surface area contributed by atoms with Crippen molar-refractivity contribution >= 4 is 23.2 Å². The van der Waals surface area contributed by atoms with Gasteiger partial charge in [-0.1, -0.05) is 29.8 Å². The number of nitrogens with zero attached hydrogens (tertiary/aromatic N) is 2. The molecule has 0 amide bonds. The fraction of sp³-hybridized carbons (Fsp3) is 0.381. The number of alkyl halides is 2. The van der Waals surface area contributed by atoms with Gasteiger partial charge in [-0.2, -0.15) is 8.78 Å². The molecule has 2 aromatic rings. The van der Waals surface area contributed by atoms with Crippen molar-refractivity contribution in [2.45, 2.75) is 32.0 Å². The lowest BCUT2D eigenvalue weighted by Crippen LogP contribution is -2.48. The number of nitrogens with one attached hydrogen (secondary N) is 2. The summed E-state index contributed by atoms with van der Waals surface area (Å²) in [5, 5.41) is 7.03. The lowest BCUT2D eigenvalue weighted by Gasteiger charge is -2.34. The maximum absolute atomic E-state index is 12.6. The van der Waals surface area contributed by atoms with Crippen LogP contribution in [0.25, 0.3) is 0 Å². The standard InChI is InChI=1S/C21H25ClF2N4O/c1-25-21(26-14-15-13-16(22)7-8-19(15)29-20(23)24)27-17-9-11-28(12-10-17)18-5-3-2-4-6-18/h2-8,13,17,20H,9-12,14H2,1H3,(H2,25,26,27). The number of ether oxygens (including phenoxy) is 1. The molecule has 2 aromatic carbocycles. The Labute approximate surface area is 174 Å². The van der Waals surface area contributed by atoms with Gasteiger partial charge in [0.25, 0.3) is 0 Å². The highest BCUT2D eigenvalue weighted by Crippen LogP contribution is 2.24. The molecule has 3 rings (SSSR count). The number of aliphatic imine (C=N–C) groups is 1. The summed E-state index contributed by atoms with van der Waals surface area (Å²) in [6.07, 6.45) is 1.96. The SMILES string of the molecule is CN=C(NCc1cc(Cl)ccc1OC(F)F)NC1CCN(c2ccccc2)CC1. The molecular weight excluding hydrogens is 398 g/mol. The number of anilines is 1. The maximum Gasteiger partial charge on any atom is 0.387 e. The Morgan fingerprint density at radius 3 is 2.59 bits per heavy atom. The number of guanidine groups is 1. The van der Waals surface area contributed by atoms with E-state index in [1.807, 2.05) is 18.2 Å². The summed E-state index contributed by atoms with van der Waals surface area (Å²) in [5.74, 6) is 0.717. The maximum atomic E-state index is 12.6.